The lowest BCUT2D eigenvalue weighted by atomic mass is 10.1. The Bertz CT molecular complexity index is 800. The van der Waals surface area contributed by atoms with Gasteiger partial charge in [0.2, 0.25) is 5.91 Å². The monoisotopic (exact) mass is 411 g/mol. The van der Waals surface area contributed by atoms with E-state index in [1.165, 1.54) is 11.8 Å². The Morgan fingerprint density at radius 1 is 1.15 bits per heavy atom. The van der Waals surface area contributed by atoms with E-state index in [4.69, 9.17) is 32.7 Å². The summed E-state index contributed by atoms with van der Waals surface area (Å²) in [5.41, 5.74) is 1.95. The van der Waals surface area contributed by atoms with Crippen LogP contribution in [0.4, 0.5) is 0 Å². The van der Waals surface area contributed by atoms with Crippen molar-refractivity contribution in [2.45, 2.75) is 18.7 Å². The topological polar surface area (TPSA) is 47.6 Å². The lowest BCUT2D eigenvalue weighted by Gasteiger charge is -2.21. The van der Waals surface area contributed by atoms with Crippen LogP contribution in [-0.2, 0) is 10.5 Å². The van der Waals surface area contributed by atoms with E-state index in [-0.39, 0.29) is 11.9 Å². The predicted octanol–water partition coefficient (Wildman–Crippen LogP) is 4.88. The van der Waals surface area contributed by atoms with Gasteiger partial charge in [-0.05, 0) is 42.3 Å². The molecule has 26 heavy (non-hydrogen) atoms. The highest BCUT2D eigenvalue weighted by Gasteiger charge is 2.16. The van der Waals surface area contributed by atoms with Gasteiger partial charge >= 0.3 is 0 Å². The fourth-order valence-corrected chi connectivity index (χ4v) is 3.99. The van der Waals surface area contributed by atoms with Gasteiger partial charge in [0.05, 0.1) is 11.8 Å². The Labute approximate surface area is 167 Å². The molecular weight excluding hydrogens is 393 g/mol. The molecule has 4 nitrogen and oxygen atoms in total. The number of hydrogen-bond donors (Lipinski definition) is 1. The minimum Gasteiger partial charge on any atom is -0.486 e. The standard InChI is InChI=1S/C19H19Cl2NO3S/c1-12(13-3-5-17-18(8-13)25-7-6-24-17)22-19(23)11-26-10-14-2-4-15(20)9-16(14)21/h2-5,8-9,12H,6-7,10-11H2,1H3,(H,22,23). The zero-order valence-corrected chi connectivity index (χ0v) is 16.6. The number of carbonyl (C=O) groups excluding carboxylic acids is 1. The fraction of sp³-hybridized carbons (Fsp3) is 0.316. The van der Waals surface area contributed by atoms with E-state index < -0.39 is 0 Å². The summed E-state index contributed by atoms with van der Waals surface area (Å²) in [4.78, 5) is 12.2. The number of nitrogens with one attached hydrogen (secondary N) is 1. The van der Waals surface area contributed by atoms with E-state index in [0.717, 1.165) is 22.6 Å². The summed E-state index contributed by atoms with van der Waals surface area (Å²) in [7, 11) is 0. The molecule has 1 atom stereocenters. The molecular formula is C19H19Cl2NO3S. The highest BCUT2D eigenvalue weighted by Crippen LogP contribution is 2.32. The number of halogens is 2. The van der Waals surface area contributed by atoms with Crippen LogP contribution in [0.2, 0.25) is 10.0 Å². The molecule has 0 saturated carbocycles. The first-order valence-corrected chi connectivity index (χ1v) is 10.1. The third-order valence-electron chi connectivity index (χ3n) is 3.95. The van der Waals surface area contributed by atoms with Gasteiger partial charge in [-0.15, -0.1) is 11.8 Å². The molecule has 7 heteroatoms. The number of benzene rings is 2. The molecule has 0 radical (unpaired) electrons. The normalized spacial score (nSPS) is 14.0. The van der Waals surface area contributed by atoms with E-state index in [9.17, 15) is 4.79 Å². The van der Waals surface area contributed by atoms with Gasteiger partial charge in [-0.25, -0.2) is 0 Å². The summed E-state index contributed by atoms with van der Waals surface area (Å²) in [6, 6.07) is 11.0. The third-order valence-corrected chi connectivity index (χ3v) is 5.52. The van der Waals surface area contributed by atoms with E-state index in [1.807, 2.05) is 31.2 Å². The lowest BCUT2D eigenvalue weighted by Crippen LogP contribution is -2.28. The summed E-state index contributed by atoms with van der Waals surface area (Å²) in [6.07, 6.45) is 0. The van der Waals surface area contributed by atoms with Crippen molar-refractivity contribution in [3.8, 4) is 11.5 Å². The Balaban J connectivity index is 1.49. The van der Waals surface area contributed by atoms with Crippen LogP contribution in [0.3, 0.4) is 0 Å². The van der Waals surface area contributed by atoms with Crippen LogP contribution < -0.4 is 14.8 Å². The van der Waals surface area contributed by atoms with Crippen molar-refractivity contribution in [2.75, 3.05) is 19.0 Å². The SMILES string of the molecule is CC(NC(=O)CSCc1ccc(Cl)cc1Cl)c1ccc2c(c1)OCCO2. The molecule has 3 rings (SSSR count). The zero-order chi connectivity index (χ0) is 18.5. The van der Waals surface area contributed by atoms with Gasteiger partial charge in [-0.3, -0.25) is 4.79 Å². The molecule has 0 aromatic heterocycles. The van der Waals surface area contributed by atoms with E-state index >= 15 is 0 Å². The van der Waals surface area contributed by atoms with Crippen molar-refractivity contribution in [3.05, 3.63) is 57.6 Å². The summed E-state index contributed by atoms with van der Waals surface area (Å²) >= 11 is 13.5. The summed E-state index contributed by atoms with van der Waals surface area (Å²) < 4.78 is 11.1. The molecule has 0 fully saturated rings. The summed E-state index contributed by atoms with van der Waals surface area (Å²) in [5, 5.41) is 4.23. The molecule has 0 saturated heterocycles. The van der Waals surface area contributed by atoms with Crippen molar-refractivity contribution in [1.82, 2.24) is 5.32 Å². The Hall–Kier alpha value is -1.56. The average Bonchev–Trinajstić information content (AvgIpc) is 2.63. The second-order valence-electron chi connectivity index (χ2n) is 5.92. The quantitative estimate of drug-likeness (QED) is 0.735. The first-order chi connectivity index (χ1) is 12.5. The van der Waals surface area contributed by atoms with Crippen LogP contribution >= 0.6 is 35.0 Å². The maximum absolute atomic E-state index is 12.2. The van der Waals surface area contributed by atoms with Gasteiger partial charge in [0.1, 0.15) is 13.2 Å². The first kappa shape index (κ1) is 19.2. The third kappa shape index (κ3) is 5.00. The van der Waals surface area contributed by atoms with Gasteiger partial charge in [-0.1, -0.05) is 35.3 Å². The van der Waals surface area contributed by atoms with Gasteiger partial charge in [0.15, 0.2) is 11.5 Å². The van der Waals surface area contributed by atoms with Gasteiger partial charge in [0, 0.05) is 15.8 Å². The predicted molar refractivity (Wildman–Crippen MR) is 107 cm³/mol. The molecule has 2 aromatic carbocycles. The molecule has 0 aliphatic carbocycles. The Morgan fingerprint density at radius 3 is 2.69 bits per heavy atom. The Kier molecular flexibility index (Phi) is 6.57. The fourth-order valence-electron chi connectivity index (χ4n) is 2.59. The molecule has 1 N–H and O–H groups in total. The van der Waals surface area contributed by atoms with Crippen LogP contribution in [0, 0.1) is 0 Å². The van der Waals surface area contributed by atoms with E-state index in [1.54, 1.807) is 12.1 Å². The molecule has 1 heterocycles. The minimum atomic E-state index is -0.113. The number of fused-ring (bicyclic) bond motifs is 1. The number of hydrogen-bond acceptors (Lipinski definition) is 4. The molecule has 2 aromatic rings. The number of amides is 1. The van der Waals surface area contributed by atoms with E-state index in [0.29, 0.717) is 34.8 Å². The minimum absolute atomic E-state index is 0.0255. The van der Waals surface area contributed by atoms with Crippen LogP contribution in [0.25, 0.3) is 0 Å². The number of carbonyl (C=O) groups is 1. The largest absolute Gasteiger partial charge is 0.486 e. The Morgan fingerprint density at radius 2 is 1.92 bits per heavy atom. The van der Waals surface area contributed by atoms with Crippen LogP contribution in [0.15, 0.2) is 36.4 Å². The zero-order valence-electron chi connectivity index (χ0n) is 14.3. The number of thioether (sulfide) groups is 1. The molecule has 1 amide bonds. The molecule has 1 aliphatic rings. The summed E-state index contributed by atoms with van der Waals surface area (Å²) in [6.45, 7) is 3.05. The number of rotatable bonds is 6. The highest BCUT2D eigenvalue weighted by molar-refractivity contribution is 7.99. The smallest absolute Gasteiger partial charge is 0.230 e. The molecule has 1 unspecified atom stereocenters. The van der Waals surface area contributed by atoms with Crippen molar-refractivity contribution in [3.63, 3.8) is 0 Å². The lowest BCUT2D eigenvalue weighted by molar-refractivity contribution is -0.119. The summed E-state index contributed by atoms with van der Waals surface area (Å²) in [5.74, 6) is 2.45. The van der Waals surface area contributed by atoms with Crippen molar-refractivity contribution < 1.29 is 14.3 Å². The number of ether oxygens (including phenoxy) is 2. The molecule has 138 valence electrons. The van der Waals surface area contributed by atoms with Gasteiger partial charge < -0.3 is 14.8 Å². The maximum Gasteiger partial charge on any atom is 0.230 e. The molecule has 1 aliphatic heterocycles. The van der Waals surface area contributed by atoms with Gasteiger partial charge in [-0.2, -0.15) is 0 Å². The van der Waals surface area contributed by atoms with Crippen molar-refractivity contribution >= 4 is 40.9 Å². The van der Waals surface area contributed by atoms with Crippen LogP contribution in [-0.4, -0.2) is 24.9 Å². The van der Waals surface area contributed by atoms with E-state index in [2.05, 4.69) is 5.32 Å². The van der Waals surface area contributed by atoms with Crippen molar-refractivity contribution in [2.24, 2.45) is 0 Å². The van der Waals surface area contributed by atoms with Crippen molar-refractivity contribution in [1.29, 1.82) is 0 Å². The first-order valence-electron chi connectivity index (χ1n) is 8.23. The average molecular weight is 412 g/mol. The molecule has 0 bridgehead atoms. The second-order valence-corrected chi connectivity index (χ2v) is 7.75. The molecule has 0 spiro atoms. The second kappa shape index (κ2) is 8.89. The van der Waals surface area contributed by atoms with Crippen LogP contribution in [0.1, 0.15) is 24.1 Å². The highest BCUT2D eigenvalue weighted by atomic mass is 35.5. The van der Waals surface area contributed by atoms with Crippen LogP contribution in [0.5, 0.6) is 11.5 Å². The van der Waals surface area contributed by atoms with Gasteiger partial charge in [0.25, 0.3) is 0 Å². The maximum atomic E-state index is 12.2.